The molecule has 2 aromatic carbocycles. The van der Waals surface area contributed by atoms with Gasteiger partial charge in [0, 0.05) is 5.56 Å². The summed E-state index contributed by atoms with van der Waals surface area (Å²) in [6.45, 7) is -0.444. The molecule has 0 bridgehead atoms. The van der Waals surface area contributed by atoms with Crippen molar-refractivity contribution in [3.05, 3.63) is 60.2 Å². The van der Waals surface area contributed by atoms with Crippen LogP contribution in [0.2, 0.25) is 0 Å². The van der Waals surface area contributed by atoms with Crippen LogP contribution in [0.4, 0.5) is 5.13 Å². The van der Waals surface area contributed by atoms with Crippen LogP contribution in [0.1, 0.15) is 5.56 Å². The maximum atomic E-state index is 11.9. The summed E-state index contributed by atoms with van der Waals surface area (Å²) in [7, 11) is 0. The molecular weight excluding hydrogens is 410 g/mol. The van der Waals surface area contributed by atoms with E-state index in [-0.39, 0.29) is 5.13 Å². The van der Waals surface area contributed by atoms with E-state index in [0.717, 1.165) is 16.9 Å². The highest BCUT2D eigenvalue weighted by Crippen LogP contribution is 2.25. The van der Waals surface area contributed by atoms with Gasteiger partial charge >= 0.3 is 17.8 Å². The lowest BCUT2D eigenvalue weighted by Crippen LogP contribution is -2.32. The van der Waals surface area contributed by atoms with E-state index < -0.39 is 24.4 Å². The molecule has 0 atom stereocenters. The van der Waals surface area contributed by atoms with Gasteiger partial charge in [0.25, 0.3) is 0 Å². The summed E-state index contributed by atoms with van der Waals surface area (Å²) in [6, 6.07) is 15.6. The maximum absolute atomic E-state index is 11.9. The quantitative estimate of drug-likeness (QED) is 0.297. The second-order valence-electron chi connectivity index (χ2n) is 5.68. The Morgan fingerprint density at radius 2 is 1.77 bits per heavy atom. The second kappa shape index (κ2) is 9.89. The van der Waals surface area contributed by atoms with Crippen molar-refractivity contribution in [2.75, 3.05) is 11.9 Å². The zero-order valence-corrected chi connectivity index (χ0v) is 16.1. The van der Waals surface area contributed by atoms with Crippen LogP contribution in [0.3, 0.4) is 0 Å². The average molecular weight is 425 g/mol. The van der Waals surface area contributed by atoms with E-state index in [1.165, 1.54) is 6.21 Å². The van der Waals surface area contributed by atoms with Crippen LogP contribution in [0.25, 0.3) is 10.6 Å². The summed E-state index contributed by atoms with van der Waals surface area (Å²) in [5, 5.41) is 23.3. The first-order valence-electron chi connectivity index (χ1n) is 8.49. The normalized spacial score (nSPS) is 10.5. The molecule has 0 spiro atoms. The topological polar surface area (TPSA) is 143 Å². The zero-order chi connectivity index (χ0) is 21.3. The van der Waals surface area contributed by atoms with Gasteiger partial charge in [-0.25, -0.2) is 10.2 Å². The molecule has 1 heterocycles. The highest BCUT2D eigenvalue weighted by Gasteiger charge is 2.16. The van der Waals surface area contributed by atoms with Crippen molar-refractivity contribution in [3.63, 3.8) is 0 Å². The van der Waals surface area contributed by atoms with Crippen molar-refractivity contribution in [1.29, 1.82) is 0 Å². The van der Waals surface area contributed by atoms with Gasteiger partial charge in [-0.15, -0.1) is 10.2 Å². The van der Waals surface area contributed by atoms with E-state index in [0.29, 0.717) is 16.3 Å². The van der Waals surface area contributed by atoms with Gasteiger partial charge in [0.15, 0.2) is 6.61 Å². The number of carbonyl (C=O) groups is 3. The summed E-state index contributed by atoms with van der Waals surface area (Å²) < 4.78 is 5.01. The minimum absolute atomic E-state index is 0.190. The van der Waals surface area contributed by atoms with E-state index in [1.54, 1.807) is 24.3 Å². The number of ether oxygens (including phenoxy) is 1. The van der Waals surface area contributed by atoms with Crippen LogP contribution in [0, 0.1) is 0 Å². The molecule has 0 aliphatic heterocycles. The number of nitrogens with zero attached hydrogens (tertiary/aromatic N) is 3. The summed E-state index contributed by atoms with van der Waals surface area (Å²) in [4.78, 5) is 34.3. The lowest BCUT2D eigenvalue weighted by atomic mass is 10.2. The lowest BCUT2D eigenvalue weighted by Gasteiger charge is -2.02. The Morgan fingerprint density at radius 1 is 1.03 bits per heavy atom. The molecule has 0 saturated heterocycles. The molecule has 0 radical (unpaired) electrons. The molecule has 2 amide bonds. The lowest BCUT2D eigenvalue weighted by molar-refractivity contribution is -0.139. The second-order valence-corrected chi connectivity index (χ2v) is 6.66. The zero-order valence-electron chi connectivity index (χ0n) is 15.3. The summed E-state index contributed by atoms with van der Waals surface area (Å²) in [6.07, 6.45) is 1.32. The Labute approximate surface area is 174 Å². The Bertz CT molecular complexity index is 1070. The number of hydrazone groups is 1. The third-order valence-electron chi connectivity index (χ3n) is 3.49. The maximum Gasteiger partial charge on any atom is 0.341 e. The molecule has 0 aliphatic rings. The Morgan fingerprint density at radius 3 is 2.47 bits per heavy atom. The molecule has 0 unspecified atom stereocenters. The molecule has 0 aliphatic carbocycles. The molecule has 30 heavy (non-hydrogen) atoms. The summed E-state index contributed by atoms with van der Waals surface area (Å²) in [5.41, 5.74) is 3.57. The molecule has 152 valence electrons. The summed E-state index contributed by atoms with van der Waals surface area (Å²) in [5.74, 6) is -2.60. The fraction of sp³-hybridized carbons (Fsp3) is 0.0526. The van der Waals surface area contributed by atoms with E-state index in [4.69, 9.17) is 9.84 Å². The Kier molecular flexibility index (Phi) is 6.79. The van der Waals surface area contributed by atoms with Crippen molar-refractivity contribution < 1.29 is 24.2 Å². The fourth-order valence-electron chi connectivity index (χ4n) is 2.14. The van der Waals surface area contributed by atoms with Gasteiger partial charge in [0.2, 0.25) is 5.13 Å². The van der Waals surface area contributed by atoms with Crippen molar-refractivity contribution in [3.8, 4) is 16.3 Å². The summed E-state index contributed by atoms with van der Waals surface area (Å²) >= 11 is 1.14. The van der Waals surface area contributed by atoms with Crippen molar-refractivity contribution >= 4 is 40.5 Å². The van der Waals surface area contributed by atoms with Gasteiger partial charge in [-0.3, -0.25) is 14.9 Å². The van der Waals surface area contributed by atoms with Gasteiger partial charge in [-0.2, -0.15) is 5.10 Å². The molecule has 3 rings (SSSR count). The molecule has 10 nitrogen and oxygen atoms in total. The Balaban J connectivity index is 1.49. The molecule has 1 aromatic heterocycles. The number of amides is 2. The minimum Gasteiger partial charge on any atom is -0.482 e. The number of anilines is 1. The van der Waals surface area contributed by atoms with Gasteiger partial charge in [-0.05, 0) is 29.8 Å². The molecular formula is C19H15N5O5S. The minimum atomic E-state index is -1.08. The number of nitrogens with one attached hydrogen (secondary N) is 2. The first-order chi connectivity index (χ1) is 14.5. The number of carboxylic acids is 1. The number of aliphatic carboxylic acids is 1. The van der Waals surface area contributed by atoms with E-state index in [1.807, 2.05) is 30.3 Å². The van der Waals surface area contributed by atoms with E-state index in [2.05, 4.69) is 26.0 Å². The van der Waals surface area contributed by atoms with Crippen LogP contribution >= 0.6 is 11.3 Å². The van der Waals surface area contributed by atoms with Crippen LogP contribution < -0.4 is 15.5 Å². The van der Waals surface area contributed by atoms with E-state index in [9.17, 15) is 14.4 Å². The predicted molar refractivity (Wildman–Crippen MR) is 109 cm³/mol. The molecule has 3 N–H and O–H groups in total. The van der Waals surface area contributed by atoms with Crippen molar-refractivity contribution in [2.24, 2.45) is 5.10 Å². The van der Waals surface area contributed by atoms with Crippen LogP contribution in [-0.2, 0) is 14.4 Å². The van der Waals surface area contributed by atoms with Crippen molar-refractivity contribution in [1.82, 2.24) is 15.6 Å². The third-order valence-corrected chi connectivity index (χ3v) is 4.38. The number of hydrogen-bond acceptors (Lipinski definition) is 8. The Hall–Kier alpha value is -4.12. The molecule has 11 heteroatoms. The van der Waals surface area contributed by atoms with Gasteiger partial charge < -0.3 is 9.84 Å². The van der Waals surface area contributed by atoms with Crippen LogP contribution in [0.5, 0.6) is 5.75 Å². The number of hydrogen-bond donors (Lipinski definition) is 3. The largest absolute Gasteiger partial charge is 0.482 e. The predicted octanol–water partition coefficient (Wildman–Crippen LogP) is 1.76. The first kappa shape index (κ1) is 20.6. The van der Waals surface area contributed by atoms with Gasteiger partial charge in [0.05, 0.1) is 6.21 Å². The van der Waals surface area contributed by atoms with E-state index >= 15 is 0 Å². The smallest absolute Gasteiger partial charge is 0.341 e. The SMILES string of the molecule is O=C(O)COc1ccc(C=NNC(=O)C(=O)Nc2nnc(-c3ccccc3)s2)cc1. The first-order valence-corrected chi connectivity index (χ1v) is 9.31. The molecule has 0 fully saturated rings. The molecule has 0 saturated carbocycles. The van der Waals surface area contributed by atoms with Gasteiger partial charge in [-0.1, -0.05) is 41.7 Å². The number of carbonyl (C=O) groups excluding carboxylic acids is 2. The third kappa shape index (κ3) is 5.94. The standard InChI is InChI=1S/C19H15N5O5S/c25-15(26)11-29-14-8-6-12(7-9-14)10-20-22-17(28)16(27)21-19-24-23-18(30-19)13-4-2-1-3-5-13/h1-10H,11H2,(H,22,28)(H,25,26)(H,21,24,27). The highest BCUT2D eigenvalue weighted by molar-refractivity contribution is 7.18. The average Bonchev–Trinajstić information content (AvgIpc) is 3.22. The van der Waals surface area contributed by atoms with Crippen molar-refractivity contribution in [2.45, 2.75) is 0 Å². The van der Waals surface area contributed by atoms with Crippen LogP contribution in [0.15, 0.2) is 59.7 Å². The molecule has 3 aromatic rings. The fourth-order valence-corrected chi connectivity index (χ4v) is 2.88. The number of aromatic nitrogens is 2. The number of carboxylic acid groups (broad SMARTS) is 1. The number of benzene rings is 2. The van der Waals surface area contributed by atoms with Crippen LogP contribution in [-0.4, -0.2) is 45.9 Å². The number of rotatable bonds is 7. The highest BCUT2D eigenvalue weighted by atomic mass is 32.1. The van der Waals surface area contributed by atoms with Gasteiger partial charge in [0.1, 0.15) is 10.8 Å². The monoisotopic (exact) mass is 425 g/mol.